The van der Waals surface area contributed by atoms with Crippen molar-refractivity contribution in [1.29, 1.82) is 0 Å². The smallest absolute Gasteiger partial charge is 0.247 e. The lowest BCUT2D eigenvalue weighted by molar-refractivity contribution is 0.340. The molecule has 3 aromatic rings. The van der Waals surface area contributed by atoms with E-state index in [-0.39, 0.29) is 6.04 Å². The number of rotatable bonds is 7. The van der Waals surface area contributed by atoms with Gasteiger partial charge in [-0.05, 0) is 49.7 Å². The van der Waals surface area contributed by atoms with Gasteiger partial charge in [0.2, 0.25) is 11.8 Å². The van der Waals surface area contributed by atoms with Crippen LogP contribution >= 0.6 is 11.6 Å². The molecule has 6 heteroatoms. The molecule has 5 nitrogen and oxygen atoms in total. The van der Waals surface area contributed by atoms with E-state index in [1.54, 1.807) is 0 Å². The van der Waals surface area contributed by atoms with Crippen LogP contribution in [0.2, 0.25) is 5.02 Å². The van der Waals surface area contributed by atoms with Crippen LogP contribution in [-0.2, 0) is 6.54 Å². The van der Waals surface area contributed by atoms with Crippen molar-refractivity contribution in [3.8, 4) is 17.2 Å². The van der Waals surface area contributed by atoms with Crippen LogP contribution in [0.1, 0.15) is 31.3 Å². The fraction of sp³-hybridized carbons (Fsp3) is 0.263. The maximum absolute atomic E-state index is 6.22. The van der Waals surface area contributed by atoms with Gasteiger partial charge in [-0.1, -0.05) is 29.8 Å². The summed E-state index contributed by atoms with van der Waals surface area (Å²) in [6.45, 7) is 5.11. The fourth-order valence-corrected chi connectivity index (χ4v) is 2.78. The molecule has 1 aromatic heterocycles. The summed E-state index contributed by atoms with van der Waals surface area (Å²) < 4.78 is 11.2. The van der Waals surface area contributed by atoms with E-state index in [9.17, 15) is 0 Å². The number of aromatic nitrogens is 2. The molecule has 0 fully saturated rings. The molecule has 0 aliphatic rings. The number of hydrogen-bond acceptors (Lipinski definition) is 5. The SMILES string of the molecule is CCOc1ccc(-c2nnc(CN[C@H](C)c3ccccc3Cl)o2)cc1. The first-order valence-electron chi connectivity index (χ1n) is 8.20. The molecule has 1 N–H and O–H groups in total. The maximum atomic E-state index is 6.22. The predicted octanol–water partition coefficient (Wildman–Crippen LogP) is 4.64. The highest BCUT2D eigenvalue weighted by atomic mass is 35.5. The predicted molar refractivity (Wildman–Crippen MR) is 97.6 cm³/mol. The third-order valence-corrected chi connectivity index (χ3v) is 4.15. The van der Waals surface area contributed by atoms with E-state index in [0.717, 1.165) is 21.9 Å². The molecule has 2 aromatic carbocycles. The van der Waals surface area contributed by atoms with Crippen LogP contribution < -0.4 is 10.1 Å². The standard InChI is InChI=1S/C19H20ClN3O2/c1-3-24-15-10-8-14(9-11-15)19-23-22-18(25-19)12-21-13(2)16-6-4-5-7-17(16)20/h4-11,13,21H,3,12H2,1-2H3/t13-/m1/s1. The lowest BCUT2D eigenvalue weighted by Crippen LogP contribution is -2.18. The van der Waals surface area contributed by atoms with Gasteiger partial charge in [-0.25, -0.2) is 0 Å². The van der Waals surface area contributed by atoms with Crippen LogP contribution in [0, 0.1) is 0 Å². The summed E-state index contributed by atoms with van der Waals surface area (Å²) in [6.07, 6.45) is 0. The number of benzene rings is 2. The van der Waals surface area contributed by atoms with Gasteiger partial charge in [0.05, 0.1) is 13.2 Å². The average molecular weight is 358 g/mol. The lowest BCUT2D eigenvalue weighted by Gasteiger charge is -2.14. The van der Waals surface area contributed by atoms with Crippen LogP contribution in [0.4, 0.5) is 0 Å². The highest BCUT2D eigenvalue weighted by Gasteiger charge is 2.12. The van der Waals surface area contributed by atoms with Crippen molar-refractivity contribution < 1.29 is 9.15 Å². The molecular formula is C19H20ClN3O2. The van der Waals surface area contributed by atoms with Crippen molar-refractivity contribution >= 4 is 11.6 Å². The van der Waals surface area contributed by atoms with Gasteiger partial charge in [-0.3, -0.25) is 0 Å². The molecule has 0 radical (unpaired) electrons. The Morgan fingerprint density at radius 2 is 1.88 bits per heavy atom. The van der Waals surface area contributed by atoms with E-state index in [2.05, 4.69) is 15.5 Å². The Morgan fingerprint density at radius 1 is 1.12 bits per heavy atom. The molecule has 1 atom stereocenters. The zero-order valence-electron chi connectivity index (χ0n) is 14.2. The molecule has 130 valence electrons. The van der Waals surface area contributed by atoms with E-state index in [1.807, 2.05) is 62.4 Å². The number of hydrogen-bond donors (Lipinski definition) is 1. The molecule has 0 unspecified atom stereocenters. The topological polar surface area (TPSA) is 60.2 Å². The van der Waals surface area contributed by atoms with Crippen LogP contribution in [0.25, 0.3) is 11.5 Å². The van der Waals surface area contributed by atoms with Crippen molar-refractivity contribution in [2.75, 3.05) is 6.61 Å². The van der Waals surface area contributed by atoms with Gasteiger partial charge in [0.1, 0.15) is 5.75 Å². The normalized spacial score (nSPS) is 12.1. The van der Waals surface area contributed by atoms with Crippen LogP contribution in [0.15, 0.2) is 52.9 Å². The molecule has 0 saturated heterocycles. The minimum absolute atomic E-state index is 0.0783. The second kappa shape index (κ2) is 8.14. The number of nitrogens with zero attached hydrogens (tertiary/aromatic N) is 2. The van der Waals surface area contributed by atoms with Gasteiger partial charge in [0.15, 0.2) is 0 Å². The molecule has 0 saturated carbocycles. The summed E-state index contributed by atoms with van der Waals surface area (Å²) in [4.78, 5) is 0. The minimum atomic E-state index is 0.0783. The monoisotopic (exact) mass is 357 g/mol. The van der Waals surface area contributed by atoms with Gasteiger partial charge >= 0.3 is 0 Å². The van der Waals surface area contributed by atoms with Crippen molar-refractivity contribution in [3.63, 3.8) is 0 Å². The zero-order valence-corrected chi connectivity index (χ0v) is 15.0. The molecular weight excluding hydrogens is 338 g/mol. The summed E-state index contributed by atoms with van der Waals surface area (Å²) in [5, 5.41) is 12.3. The van der Waals surface area contributed by atoms with Gasteiger partial charge in [0, 0.05) is 16.6 Å². The molecule has 0 aliphatic carbocycles. The Bertz CT molecular complexity index is 818. The zero-order chi connectivity index (χ0) is 17.6. The van der Waals surface area contributed by atoms with Crippen molar-refractivity contribution in [1.82, 2.24) is 15.5 Å². The summed E-state index contributed by atoms with van der Waals surface area (Å²) in [5.74, 6) is 1.84. The van der Waals surface area contributed by atoms with E-state index in [1.165, 1.54) is 0 Å². The Balaban J connectivity index is 1.63. The summed E-state index contributed by atoms with van der Waals surface area (Å²) in [5.41, 5.74) is 1.90. The van der Waals surface area contributed by atoms with Gasteiger partial charge in [-0.2, -0.15) is 0 Å². The second-order valence-corrected chi connectivity index (χ2v) is 5.99. The highest BCUT2D eigenvalue weighted by molar-refractivity contribution is 6.31. The largest absolute Gasteiger partial charge is 0.494 e. The Morgan fingerprint density at radius 3 is 2.60 bits per heavy atom. The Hall–Kier alpha value is -2.37. The van der Waals surface area contributed by atoms with Crippen LogP contribution in [-0.4, -0.2) is 16.8 Å². The van der Waals surface area contributed by atoms with Crippen molar-refractivity contribution in [2.24, 2.45) is 0 Å². The van der Waals surface area contributed by atoms with Crippen molar-refractivity contribution in [2.45, 2.75) is 26.4 Å². The van der Waals surface area contributed by atoms with E-state index >= 15 is 0 Å². The molecule has 0 aliphatic heterocycles. The molecule has 3 rings (SSSR count). The molecule has 25 heavy (non-hydrogen) atoms. The van der Waals surface area contributed by atoms with E-state index in [0.29, 0.717) is 24.9 Å². The number of nitrogens with one attached hydrogen (secondary N) is 1. The quantitative estimate of drug-likeness (QED) is 0.667. The third-order valence-electron chi connectivity index (χ3n) is 3.81. The average Bonchev–Trinajstić information content (AvgIpc) is 3.10. The van der Waals surface area contributed by atoms with Crippen molar-refractivity contribution in [3.05, 3.63) is 65.0 Å². The van der Waals surface area contributed by atoms with E-state index < -0.39 is 0 Å². The second-order valence-electron chi connectivity index (χ2n) is 5.58. The highest BCUT2D eigenvalue weighted by Crippen LogP contribution is 2.24. The van der Waals surface area contributed by atoms with E-state index in [4.69, 9.17) is 20.8 Å². The first-order valence-corrected chi connectivity index (χ1v) is 8.58. The first kappa shape index (κ1) is 17.5. The van der Waals surface area contributed by atoms with Crippen LogP contribution in [0.5, 0.6) is 5.75 Å². The first-order chi connectivity index (χ1) is 12.2. The lowest BCUT2D eigenvalue weighted by atomic mass is 10.1. The molecule has 0 spiro atoms. The van der Waals surface area contributed by atoms with Crippen LogP contribution in [0.3, 0.4) is 0 Å². The van der Waals surface area contributed by atoms with Gasteiger partial charge < -0.3 is 14.5 Å². The third kappa shape index (κ3) is 4.38. The summed E-state index contributed by atoms with van der Waals surface area (Å²) in [6, 6.07) is 15.4. The molecule has 0 amide bonds. The van der Waals surface area contributed by atoms with Gasteiger partial charge in [-0.15, -0.1) is 10.2 Å². The molecule has 0 bridgehead atoms. The number of ether oxygens (including phenoxy) is 1. The Kier molecular flexibility index (Phi) is 5.68. The van der Waals surface area contributed by atoms with Gasteiger partial charge in [0.25, 0.3) is 0 Å². The summed E-state index contributed by atoms with van der Waals surface area (Å²) in [7, 11) is 0. The maximum Gasteiger partial charge on any atom is 0.247 e. The molecule has 1 heterocycles. The summed E-state index contributed by atoms with van der Waals surface area (Å²) >= 11 is 6.22. The number of halogens is 1. The minimum Gasteiger partial charge on any atom is -0.494 e. The fourth-order valence-electron chi connectivity index (χ4n) is 2.48. The Labute approximate surface area is 152 Å².